The molecule has 0 heterocycles. The zero-order valence-electron chi connectivity index (χ0n) is 14.6. The van der Waals surface area contributed by atoms with E-state index in [1.165, 1.54) is 24.0 Å². The van der Waals surface area contributed by atoms with E-state index in [1.807, 2.05) is 6.92 Å². The Labute approximate surface area is 147 Å². The maximum atomic E-state index is 13.9. The summed E-state index contributed by atoms with van der Waals surface area (Å²) in [5.41, 5.74) is 1.37. The Morgan fingerprint density at radius 3 is 2.52 bits per heavy atom. The molecule has 0 aliphatic carbocycles. The summed E-state index contributed by atoms with van der Waals surface area (Å²) >= 11 is 0. The number of benzene rings is 1. The van der Waals surface area contributed by atoms with Crippen LogP contribution in [0.25, 0.3) is 0 Å². The van der Waals surface area contributed by atoms with Crippen molar-refractivity contribution < 1.29 is 23.8 Å². The third-order valence-electron chi connectivity index (χ3n) is 3.57. The van der Waals surface area contributed by atoms with Gasteiger partial charge in [0, 0.05) is 24.4 Å². The number of halogens is 1. The topological polar surface area (TPSA) is 78.9 Å². The Balaban J connectivity index is 2.68. The molecule has 0 aliphatic rings. The molecule has 1 unspecified atom stereocenters. The van der Waals surface area contributed by atoms with Gasteiger partial charge in [-0.25, -0.2) is 9.18 Å². The number of rotatable bonds is 10. The van der Waals surface area contributed by atoms with Crippen LogP contribution in [-0.2, 0) is 9.53 Å². The van der Waals surface area contributed by atoms with Crippen molar-refractivity contribution in [2.75, 3.05) is 31.2 Å². The molecule has 0 saturated carbocycles. The molecule has 1 aromatic rings. The van der Waals surface area contributed by atoms with Gasteiger partial charge in [0.2, 0.25) is 5.91 Å². The minimum Gasteiger partial charge on any atom is -0.460 e. The molecule has 1 amide bonds. The molecule has 0 bridgehead atoms. The van der Waals surface area contributed by atoms with E-state index in [0.717, 1.165) is 0 Å². The van der Waals surface area contributed by atoms with Gasteiger partial charge >= 0.3 is 5.97 Å². The smallest absolute Gasteiger partial charge is 0.338 e. The standard InChI is InChI=1S/C18H25FN2O4/c1-4-13(2)17(23)20-9-10-21(14(3)19)16-7-5-15(6-8-16)18(24)25-12-11-22/h5-8,14,22H,2,4,9-12H2,1,3H3,(H,20,23). The quantitative estimate of drug-likeness (QED) is 0.383. The van der Waals surface area contributed by atoms with E-state index in [4.69, 9.17) is 9.84 Å². The SMILES string of the molecule is C=C(CC)C(=O)NCCN(c1ccc(C(=O)OCCO)cc1)C(C)F. The van der Waals surface area contributed by atoms with Crippen LogP contribution in [0.2, 0.25) is 0 Å². The molecule has 1 aromatic carbocycles. The fourth-order valence-electron chi connectivity index (χ4n) is 2.10. The molecule has 25 heavy (non-hydrogen) atoms. The van der Waals surface area contributed by atoms with Gasteiger partial charge in [0.25, 0.3) is 0 Å². The van der Waals surface area contributed by atoms with Crippen molar-refractivity contribution in [2.45, 2.75) is 26.6 Å². The Morgan fingerprint density at radius 2 is 2.00 bits per heavy atom. The van der Waals surface area contributed by atoms with Gasteiger partial charge in [0.1, 0.15) is 6.61 Å². The van der Waals surface area contributed by atoms with Crippen LogP contribution in [0.3, 0.4) is 0 Å². The Bertz CT molecular complexity index is 587. The molecule has 0 saturated heterocycles. The van der Waals surface area contributed by atoms with Crippen LogP contribution >= 0.6 is 0 Å². The van der Waals surface area contributed by atoms with E-state index in [2.05, 4.69) is 11.9 Å². The summed E-state index contributed by atoms with van der Waals surface area (Å²) in [4.78, 5) is 24.8. The molecule has 2 N–H and O–H groups in total. The first-order valence-electron chi connectivity index (χ1n) is 8.15. The molecule has 0 radical (unpaired) electrons. The highest BCUT2D eigenvalue weighted by Crippen LogP contribution is 2.18. The predicted octanol–water partition coefficient (Wildman–Crippen LogP) is 2.04. The average molecular weight is 352 g/mol. The first-order valence-corrected chi connectivity index (χ1v) is 8.15. The highest BCUT2D eigenvalue weighted by atomic mass is 19.1. The number of aliphatic hydroxyl groups excluding tert-OH is 1. The molecule has 1 atom stereocenters. The van der Waals surface area contributed by atoms with Gasteiger partial charge in [0.15, 0.2) is 6.30 Å². The average Bonchev–Trinajstić information content (AvgIpc) is 2.62. The largest absolute Gasteiger partial charge is 0.460 e. The first-order chi connectivity index (χ1) is 11.9. The second kappa shape index (κ2) is 10.5. The zero-order chi connectivity index (χ0) is 18.8. The Hall–Kier alpha value is -2.41. The van der Waals surface area contributed by atoms with Crippen LogP contribution in [0.15, 0.2) is 36.4 Å². The van der Waals surface area contributed by atoms with Crippen molar-refractivity contribution in [3.63, 3.8) is 0 Å². The van der Waals surface area contributed by atoms with Gasteiger partial charge in [0.05, 0.1) is 12.2 Å². The number of ether oxygens (including phenoxy) is 1. The highest BCUT2D eigenvalue weighted by molar-refractivity contribution is 5.92. The van der Waals surface area contributed by atoms with E-state index in [0.29, 0.717) is 23.2 Å². The van der Waals surface area contributed by atoms with E-state index in [-0.39, 0.29) is 32.2 Å². The van der Waals surface area contributed by atoms with Crippen molar-refractivity contribution in [1.82, 2.24) is 5.32 Å². The molecule has 0 aliphatic heterocycles. The lowest BCUT2D eigenvalue weighted by Gasteiger charge is -2.26. The Kier molecular flexibility index (Phi) is 8.63. The second-order valence-corrected chi connectivity index (χ2v) is 5.39. The fraction of sp³-hybridized carbons (Fsp3) is 0.444. The van der Waals surface area contributed by atoms with Crippen molar-refractivity contribution in [1.29, 1.82) is 0 Å². The van der Waals surface area contributed by atoms with Gasteiger partial charge in [-0.1, -0.05) is 13.5 Å². The summed E-state index contributed by atoms with van der Waals surface area (Å²) in [6.45, 7) is 7.12. The number of alkyl halides is 1. The van der Waals surface area contributed by atoms with Gasteiger partial charge in [-0.15, -0.1) is 0 Å². The van der Waals surface area contributed by atoms with Gasteiger partial charge in [-0.05, 0) is 37.6 Å². The highest BCUT2D eigenvalue weighted by Gasteiger charge is 2.15. The lowest BCUT2D eigenvalue weighted by Crippen LogP contribution is -2.38. The van der Waals surface area contributed by atoms with Gasteiger partial charge in [-0.3, -0.25) is 4.79 Å². The van der Waals surface area contributed by atoms with Crippen molar-refractivity contribution in [2.24, 2.45) is 0 Å². The summed E-state index contributed by atoms with van der Waals surface area (Å²) in [6.07, 6.45) is -0.707. The van der Waals surface area contributed by atoms with E-state index in [9.17, 15) is 14.0 Å². The first kappa shape index (κ1) is 20.6. The number of carbonyl (C=O) groups excluding carboxylic acids is 2. The van der Waals surface area contributed by atoms with E-state index < -0.39 is 12.3 Å². The summed E-state index contributed by atoms with van der Waals surface area (Å²) < 4.78 is 18.7. The van der Waals surface area contributed by atoms with Crippen molar-refractivity contribution in [3.8, 4) is 0 Å². The number of amides is 1. The minimum atomic E-state index is -1.27. The lowest BCUT2D eigenvalue weighted by molar-refractivity contribution is -0.117. The van der Waals surface area contributed by atoms with E-state index in [1.54, 1.807) is 12.1 Å². The number of esters is 1. The number of hydrogen-bond acceptors (Lipinski definition) is 5. The minimum absolute atomic E-state index is 0.0724. The number of anilines is 1. The number of carbonyl (C=O) groups is 2. The normalized spacial score (nSPS) is 11.5. The van der Waals surface area contributed by atoms with Crippen LogP contribution in [0, 0.1) is 0 Å². The molecule has 0 fully saturated rings. The summed E-state index contributed by atoms with van der Waals surface area (Å²) in [5, 5.41) is 11.3. The fourth-order valence-corrected chi connectivity index (χ4v) is 2.10. The molecule has 0 spiro atoms. The van der Waals surface area contributed by atoms with Crippen molar-refractivity contribution >= 4 is 17.6 Å². The summed E-state index contributed by atoms with van der Waals surface area (Å²) in [7, 11) is 0. The maximum Gasteiger partial charge on any atom is 0.338 e. The van der Waals surface area contributed by atoms with Gasteiger partial charge < -0.3 is 20.1 Å². The van der Waals surface area contributed by atoms with Crippen LogP contribution < -0.4 is 10.2 Å². The van der Waals surface area contributed by atoms with Crippen LogP contribution in [0.5, 0.6) is 0 Å². The number of hydrogen-bond donors (Lipinski definition) is 2. The number of aliphatic hydroxyl groups is 1. The van der Waals surface area contributed by atoms with Gasteiger partial charge in [-0.2, -0.15) is 0 Å². The number of nitrogens with one attached hydrogen (secondary N) is 1. The summed E-state index contributed by atoms with van der Waals surface area (Å²) in [6, 6.07) is 6.28. The maximum absolute atomic E-state index is 13.9. The monoisotopic (exact) mass is 352 g/mol. The molecule has 0 aromatic heterocycles. The lowest BCUT2D eigenvalue weighted by atomic mass is 10.2. The third-order valence-corrected chi connectivity index (χ3v) is 3.57. The number of nitrogens with zero attached hydrogens (tertiary/aromatic N) is 1. The molecule has 7 heteroatoms. The van der Waals surface area contributed by atoms with Crippen molar-refractivity contribution in [3.05, 3.63) is 42.0 Å². The molecular formula is C18H25FN2O4. The molecule has 6 nitrogen and oxygen atoms in total. The molecule has 1 rings (SSSR count). The van der Waals surface area contributed by atoms with E-state index >= 15 is 0 Å². The predicted molar refractivity (Wildman–Crippen MR) is 94.2 cm³/mol. The van der Waals surface area contributed by atoms with Crippen LogP contribution in [-0.4, -0.2) is 49.6 Å². The second-order valence-electron chi connectivity index (χ2n) is 5.39. The Morgan fingerprint density at radius 1 is 1.36 bits per heavy atom. The zero-order valence-corrected chi connectivity index (χ0v) is 14.6. The van der Waals surface area contributed by atoms with Crippen LogP contribution in [0.4, 0.5) is 10.1 Å². The molecule has 138 valence electrons. The third kappa shape index (κ3) is 6.54. The molecular weight excluding hydrogens is 327 g/mol. The van der Waals surface area contributed by atoms with Crippen LogP contribution in [0.1, 0.15) is 30.6 Å². The summed E-state index contributed by atoms with van der Waals surface area (Å²) in [5.74, 6) is -0.790.